The molecule has 0 aliphatic rings. The molecule has 0 bridgehead atoms. The van der Waals surface area contributed by atoms with Crippen LogP contribution in [0.25, 0.3) is 0 Å². The number of nitrogens with two attached hydrogens (primary N) is 1. The van der Waals surface area contributed by atoms with Crippen LogP contribution in [0.4, 0.5) is 0 Å². The van der Waals surface area contributed by atoms with Gasteiger partial charge in [0.2, 0.25) is 0 Å². The van der Waals surface area contributed by atoms with E-state index < -0.39 is 0 Å². The average Bonchev–Trinajstić information content (AvgIpc) is 2.81. The van der Waals surface area contributed by atoms with Crippen LogP contribution in [-0.2, 0) is 0 Å². The number of halogens is 1. The highest BCUT2D eigenvalue weighted by Crippen LogP contribution is 2.24. The van der Waals surface area contributed by atoms with Crippen LogP contribution in [0.5, 0.6) is 5.75 Å². The van der Waals surface area contributed by atoms with Crippen LogP contribution >= 0.6 is 22.9 Å². The minimum Gasteiger partial charge on any atom is -0.489 e. The lowest BCUT2D eigenvalue weighted by Gasteiger charge is -2.20. The van der Waals surface area contributed by atoms with Crippen LogP contribution in [0, 0.1) is 0 Å². The largest absolute Gasteiger partial charge is 0.489 e. The molecule has 2 unspecified atom stereocenters. The fourth-order valence-corrected chi connectivity index (χ4v) is 2.54. The van der Waals surface area contributed by atoms with Gasteiger partial charge in [-0.15, -0.1) is 11.3 Å². The number of benzene rings is 1. The van der Waals surface area contributed by atoms with Crippen molar-refractivity contribution in [3.63, 3.8) is 0 Å². The molecule has 0 radical (unpaired) electrons. The van der Waals surface area contributed by atoms with Crippen molar-refractivity contribution < 1.29 is 4.74 Å². The minimum atomic E-state index is -0.117. The van der Waals surface area contributed by atoms with Crippen molar-refractivity contribution in [3.8, 4) is 5.75 Å². The number of hydrogen-bond donors (Lipinski definition) is 1. The summed E-state index contributed by atoms with van der Waals surface area (Å²) in [4.78, 5) is 1.12. The van der Waals surface area contributed by atoms with E-state index in [2.05, 4.69) is 0 Å². The van der Waals surface area contributed by atoms with E-state index in [1.54, 1.807) is 17.4 Å². The SMILES string of the molecule is CC(Oc1cccc(Cl)c1)C(N)c1cccs1. The second-order valence-corrected chi connectivity index (χ2v) is 5.24. The summed E-state index contributed by atoms with van der Waals surface area (Å²) in [6.45, 7) is 1.96. The molecule has 2 N–H and O–H groups in total. The van der Waals surface area contributed by atoms with Gasteiger partial charge in [-0.25, -0.2) is 0 Å². The number of ether oxygens (including phenoxy) is 1. The highest BCUT2D eigenvalue weighted by atomic mass is 35.5. The number of rotatable bonds is 4. The summed E-state index contributed by atoms with van der Waals surface area (Å²) in [7, 11) is 0. The van der Waals surface area contributed by atoms with Crippen LogP contribution in [0.15, 0.2) is 41.8 Å². The zero-order valence-electron chi connectivity index (χ0n) is 9.47. The molecular weight excluding hydrogens is 254 g/mol. The summed E-state index contributed by atoms with van der Waals surface area (Å²) in [5, 5.41) is 2.68. The fourth-order valence-electron chi connectivity index (χ4n) is 1.54. The van der Waals surface area contributed by atoms with E-state index in [1.807, 2.05) is 42.6 Å². The lowest BCUT2D eigenvalue weighted by atomic mass is 10.1. The van der Waals surface area contributed by atoms with Gasteiger partial charge in [0, 0.05) is 9.90 Å². The summed E-state index contributed by atoms with van der Waals surface area (Å²) < 4.78 is 5.78. The Morgan fingerprint density at radius 2 is 2.12 bits per heavy atom. The van der Waals surface area contributed by atoms with Crippen molar-refractivity contribution in [2.24, 2.45) is 5.73 Å². The van der Waals surface area contributed by atoms with E-state index >= 15 is 0 Å². The number of hydrogen-bond acceptors (Lipinski definition) is 3. The first kappa shape index (κ1) is 12.4. The quantitative estimate of drug-likeness (QED) is 0.913. The van der Waals surface area contributed by atoms with Crippen LogP contribution in [0.1, 0.15) is 17.8 Å². The van der Waals surface area contributed by atoms with E-state index in [-0.39, 0.29) is 12.1 Å². The van der Waals surface area contributed by atoms with Crippen LogP contribution < -0.4 is 10.5 Å². The molecule has 1 aromatic carbocycles. The van der Waals surface area contributed by atoms with E-state index in [1.165, 1.54) is 0 Å². The molecule has 2 aromatic rings. The van der Waals surface area contributed by atoms with Gasteiger partial charge in [0.15, 0.2) is 0 Å². The lowest BCUT2D eigenvalue weighted by Crippen LogP contribution is -2.27. The molecule has 0 saturated carbocycles. The van der Waals surface area contributed by atoms with Crippen molar-refractivity contribution in [2.45, 2.75) is 19.1 Å². The highest BCUT2D eigenvalue weighted by molar-refractivity contribution is 7.10. The van der Waals surface area contributed by atoms with E-state index in [4.69, 9.17) is 22.1 Å². The molecule has 0 amide bonds. The summed E-state index contributed by atoms with van der Waals surface area (Å²) >= 11 is 7.54. The molecule has 2 rings (SSSR count). The molecule has 0 saturated heterocycles. The summed E-state index contributed by atoms with van der Waals surface area (Å²) in [5.41, 5.74) is 6.12. The van der Waals surface area contributed by atoms with Crippen LogP contribution in [0.3, 0.4) is 0 Å². The molecule has 1 aromatic heterocycles. The van der Waals surface area contributed by atoms with Gasteiger partial charge in [0.25, 0.3) is 0 Å². The molecule has 0 fully saturated rings. The summed E-state index contributed by atoms with van der Waals surface area (Å²) in [6, 6.07) is 11.2. The molecular formula is C13H14ClNOS. The molecule has 2 nitrogen and oxygen atoms in total. The minimum absolute atomic E-state index is 0.0906. The van der Waals surface area contributed by atoms with Crippen molar-refractivity contribution >= 4 is 22.9 Å². The molecule has 2 atom stereocenters. The zero-order valence-corrected chi connectivity index (χ0v) is 11.0. The standard InChI is InChI=1S/C13H14ClNOS/c1-9(13(15)12-6-3-7-17-12)16-11-5-2-4-10(14)8-11/h2-9,13H,15H2,1H3. The summed E-state index contributed by atoms with van der Waals surface area (Å²) in [5.74, 6) is 0.747. The Labute approximate surface area is 110 Å². The van der Waals surface area contributed by atoms with Gasteiger partial charge >= 0.3 is 0 Å². The smallest absolute Gasteiger partial charge is 0.121 e. The highest BCUT2D eigenvalue weighted by Gasteiger charge is 2.17. The van der Waals surface area contributed by atoms with Crippen LogP contribution in [0.2, 0.25) is 5.02 Å². The van der Waals surface area contributed by atoms with Gasteiger partial charge in [0.05, 0.1) is 6.04 Å². The van der Waals surface area contributed by atoms with Gasteiger partial charge in [-0.1, -0.05) is 23.7 Å². The van der Waals surface area contributed by atoms with Crippen molar-refractivity contribution in [3.05, 3.63) is 51.7 Å². The Hall–Kier alpha value is -1.03. The monoisotopic (exact) mass is 267 g/mol. The normalized spacial score (nSPS) is 14.3. The molecule has 0 aliphatic heterocycles. The predicted octanol–water partition coefficient (Wildman–Crippen LogP) is 3.87. The maximum atomic E-state index is 6.12. The third-order valence-electron chi connectivity index (χ3n) is 2.50. The van der Waals surface area contributed by atoms with Gasteiger partial charge < -0.3 is 10.5 Å². The first-order valence-corrected chi connectivity index (χ1v) is 6.64. The van der Waals surface area contributed by atoms with Crippen molar-refractivity contribution in [2.75, 3.05) is 0 Å². The van der Waals surface area contributed by atoms with Crippen LogP contribution in [-0.4, -0.2) is 6.10 Å². The summed E-state index contributed by atoms with van der Waals surface area (Å²) in [6.07, 6.45) is -0.0906. The van der Waals surface area contributed by atoms with E-state index in [0.717, 1.165) is 10.6 Å². The molecule has 17 heavy (non-hydrogen) atoms. The zero-order chi connectivity index (χ0) is 12.3. The van der Waals surface area contributed by atoms with Crippen molar-refractivity contribution in [1.29, 1.82) is 0 Å². The van der Waals surface area contributed by atoms with Gasteiger partial charge in [-0.2, -0.15) is 0 Å². The Balaban J connectivity index is 2.04. The maximum absolute atomic E-state index is 6.12. The Morgan fingerprint density at radius 1 is 1.29 bits per heavy atom. The van der Waals surface area contributed by atoms with E-state index in [9.17, 15) is 0 Å². The second kappa shape index (κ2) is 5.54. The first-order valence-electron chi connectivity index (χ1n) is 5.38. The fraction of sp³-hybridized carbons (Fsp3) is 0.231. The van der Waals surface area contributed by atoms with Gasteiger partial charge in [-0.05, 0) is 36.6 Å². The molecule has 0 aliphatic carbocycles. The van der Waals surface area contributed by atoms with Crippen molar-refractivity contribution in [1.82, 2.24) is 0 Å². The third kappa shape index (κ3) is 3.22. The Morgan fingerprint density at radius 3 is 2.76 bits per heavy atom. The van der Waals surface area contributed by atoms with Gasteiger partial charge in [0.1, 0.15) is 11.9 Å². The Kier molecular flexibility index (Phi) is 4.05. The Bertz CT molecular complexity index is 472. The maximum Gasteiger partial charge on any atom is 0.121 e. The second-order valence-electron chi connectivity index (χ2n) is 3.82. The van der Waals surface area contributed by atoms with E-state index in [0.29, 0.717) is 5.02 Å². The van der Waals surface area contributed by atoms with Gasteiger partial charge in [-0.3, -0.25) is 0 Å². The average molecular weight is 268 g/mol. The molecule has 4 heteroatoms. The third-order valence-corrected chi connectivity index (χ3v) is 3.70. The topological polar surface area (TPSA) is 35.2 Å². The lowest BCUT2D eigenvalue weighted by molar-refractivity contribution is 0.192. The molecule has 1 heterocycles. The predicted molar refractivity (Wildman–Crippen MR) is 72.8 cm³/mol. The number of thiophene rings is 1. The molecule has 0 spiro atoms. The first-order chi connectivity index (χ1) is 8.16. The molecule has 90 valence electrons.